The van der Waals surface area contributed by atoms with Gasteiger partial charge in [-0.2, -0.15) is 4.39 Å². The van der Waals surface area contributed by atoms with Crippen molar-refractivity contribution < 1.29 is 14.3 Å². The molecule has 31 heavy (non-hydrogen) atoms. The predicted octanol–water partition coefficient (Wildman–Crippen LogP) is 1.53. The molecule has 1 aliphatic heterocycles. The maximum atomic E-state index is 15.2. The van der Waals surface area contributed by atoms with Crippen LogP contribution in [-0.4, -0.2) is 64.7 Å². The largest absolute Gasteiger partial charge is 0.391 e. The van der Waals surface area contributed by atoms with E-state index in [1.54, 1.807) is 0 Å². The van der Waals surface area contributed by atoms with E-state index in [2.05, 4.69) is 15.3 Å². The van der Waals surface area contributed by atoms with Gasteiger partial charge in [0.05, 0.1) is 12.6 Å². The van der Waals surface area contributed by atoms with E-state index in [1.165, 1.54) is 11.9 Å². The van der Waals surface area contributed by atoms with Crippen LogP contribution in [0.5, 0.6) is 0 Å². The van der Waals surface area contributed by atoms with Gasteiger partial charge in [0.1, 0.15) is 6.33 Å². The molecular weight excluding hydrogens is 399 g/mol. The van der Waals surface area contributed by atoms with Gasteiger partial charge in [-0.25, -0.2) is 9.97 Å². The molecule has 0 bridgehead atoms. The number of anilines is 2. The van der Waals surface area contributed by atoms with Gasteiger partial charge in [0.25, 0.3) is 0 Å². The van der Waals surface area contributed by atoms with Crippen LogP contribution in [0.1, 0.15) is 24.5 Å². The molecule has 1 amide bonds. The second-order valence-electron chi connectivity index (χ2n) is 8.06. The molecule has 0 aliphatic carbocycles. The van der Waals surface area contributed by atoms with Gasteiger partial charge in [0.2, 0.25) is 11.7 Å². The summed E-state index contributed by atoms with van der Waals surface area (Å²) in [5.41, 5.74) is 7.48. The topological polar surface area (TPSA) is 108 Å². The molecule has 2 atom stereocenters. The lowest BCUT2D eigenvalue weighted by Crippen LogP contribution is -2.48. The number of carbonyl (C=O) groups is 1. The lowest BCUT2D eigenvalue weighted by atomic mass is 9.93. The van der Waals surface area contributed by atoms with Crippen molar-refractivity contribution in [3.05, 3.63) is 47.5 Å². The monoisotopic (exact) mass is 430 g/mol. The predicted molar refractivity (Wildman–Crippen MR) is 118 cm³/mol. The van der Waals surface area contributed by atoms with Crippen LogP contribution in [0.25, 0.3) is 0 Å². The summed E-state index contributed by atoms with van der Waals surface area (Å²) in [6, 6.07) is 8.13. The Labute approximate surface area is 182 Å². The first-order valence-corrected chi connectivity index (χ1v) is 10.6. The van der Waals surface area contributed by atoms with Crippen molar-refractivity contribution in [1.29, 1.82) is 0 Å². The van der Waals surface area contributed by atoms with Gasteiger partial charge in [-0.3, -0.25) is 9.69 Å². The van der Waals surface area contributed by atoms with E-state index in [0.29, 0.717) is 39.1 Å². The molecule has 168 valence electrons. The molecule has 0 unspecified atom stereocenters. The molecule has 0 radical (unpaired) electrons. The number of aliphatic hydroxyl groups excluding tert-OH is 1. The van der Waals surface area contributed by atoms with Crippen molar-refractivity contribution >= 4 is 17.5 Å². The molecule has 4 N–H and O–H groups in total. The first-order chi connectivity index (χ1) is 14.9. The molecule has 9 heteroatoms. The zero-order valence-corrected chi connectivity index (χ0v) is 18.1. The Kier molecular flexibility index (Phi) is 7.75. The van der Waals surface area contributed by atoms with E-state index < -0.39 is 17.8 Å². The highest BCUT2D eigenvalue weighted by atomic mass is 19.1. The van der Waals surface area contributed by atoms with Gasteiger partial charge in [0, 0.05) is 32.1 Å². The number of rotatable bonds is 9. The lowest BCUT2D eigenvalue weighted by molar-refractivity contribution is -0.120. The summed E-state index contributed by atoms with van der Waals surface area (Å²) < 4.78 is 15.2. The first-order valence-electron chi connectivity index (χ1n) is 10.6. The van der Waals surface area contributed by atoms with E-state index in [-0.39, 0.29) is 24.1 Å². The van der Waals surface area contributed by atoms with Crippen molar-refractivity contribution in [2.75, 3.05) is 42.9 Å². The number of halogens is 1. The number of β-amino-alcohol motifs (C(OH)–C–C–N with tert-alkyl or cyclic N) is 1. The maximum absolute atomic E-state index is 15.2. The number of carbonyl (C=O) groups excluding carboxylic acids is 1. The number of aliphatic hydroxyl groups is 1. The molecule has 1 aromatic carbocycles. The number of nitrogens with two attached hydrogens (primary N) is 1. The van der Waals surface area contributed by atoms with Crippen molar-refractivity contribution in [2.24, 2.45) is 11.7 Å². The minimum Gasteiger partial charge on any atom is -0.391 e. The number of aryl methyl sites for hydroxylation is 1. The first kappa shape index (κ1) is 22.9. The van der Waals surface area contributed by atoms with Crippen LogP contribution in [0, 0.1) is 18.7 Å². The third kappa shape index (κ3) is 6.11. The van der Waals surface area contributed by atoms with Crippen LogP contribution in [-0.2, 0) is 11.3 Å². The highest BCUT2D eigenvalue weighted by Crippen LogP contribution is 2.24. The summed E-state index contributed by atoms with van der Waals surface area (Å²) >= 11 is 0. The number of hydrogen-bond acceptors (Lipinski definition) is 7. The summed E-state index contributed by atoms with van der Waals surface area (Å²) in [4.78, 5) is 23.0. The number of benzene rings is 1. The fourth-order valence-electron chi connectivity index (χ4n) is 3.83. The minimum atomic E-state index is -0.626. The molecule has 3 rings (SSSR count). The molecule has 0 spiro atoms. The smallest absolute Gasteiger partial charge is 0.231 e. The van der Waals surface area contributed by atoms with E-state index in [1.807, 2.05) is 47.9 Å². The molecule has 1 aromatic heterocycles. The number of likely N-dealkylation sites (tertiary alicyclic amines) is 1. The summed E-state index contributed by atoms with van der Waals surface area (Å²) in [5, 5.41) is 13.4. The average Bonchev–Trinajstić information content (AvgIpc) is 2.73. The fourth-order valence-corrected chi connectivity index (χ4v) is 3.83. The zero-order chi connectivity index (χ0) is 22.4. The maximum Gasteiger partial charge on any atom is 0.231 e. The van der Waals surface area contributed by atoms with Crippen LogP contribution >= 0.6 is 0 Å². The Morgan fingerprint density at radius 3 is 2.74 bits per heavy atom. The second kappa shape index (κ2) is 10.5. The van der Waals surface area contributed by atoms with E-state index in [9.17, 15) is 9.90 Å². The number of hydrogen-bond donors (Lipinski definition) is 3. The van der Waals surface area contributed by atoms with Crippen LogP contribution in [0.4, 0.5) is 16.0 Å². The molecule has 8 nitrogen and oxygen atoms in total. The lowest BCUT2D eigenvalue weighted by Gasteiger charge is -2.35. The van der Waals surface area contributed by atoms with Crippen molar-refractivity contribution in [3.8, 4) is 0 Å². The third-order valence-electron chi connectivity index (χ3n) is 5.66. The van der Waals surface area contributed by atoms with Crippen LogP contribution in [0.2, 0.25) is 0 Å². The van der Waals surface area contributed by atoms with Crippen molar-refractivity contribution in [1.82, 2.24) is 14.9 Å². The third-order valence-corrected chi connectivity index (χ3v) is 5.66. The normalized spacial score (nSPS) is 19.2. The van der Waals surface area contributed by atoms with Gasteiger partial charge in [0.15, 0.2) is 11.6 Å². The minimum absolute atomic E-state index is 0.0724. The molecule has 1 fully saturated rings. The second-order valence-corrected chi connectivity index (χ2v) is 8.06. The summed E-state index contributed by atoms with van der Waals surface area (Å²) in [7, 11) is 0. The molecule has 0 saturated carbocycles. The highest BCUT2D eigenvalue weighted by molar-refractivity contribution is 5.75. The van der Waals surface area contributed by atoms with Gasteiger partial charge >= 0.3 is 0 Å². The van der Waals surface area contributed by atoms with Crippen molar-refractivity contribution in [3.63, 3.8) is 0 Å². The average molecular weight is 431 g/mol. The molecule has 1 aliphatic rings. The Morgan fingerprint density at radius 2 is 2.10 bits per heavy atom. The number of piperidine rings is 1. The molecular formula is C22H31FN6O2. The molecule has 2 aromatic rings. The number of amides is 1. The Balaban J connectivity index is 1.63. The highest BCUT2D eigenvalue weighted by Gasteiger charge is 2.28. The molecule has 1 saturated heterocycles. The van der Waals surface area contributed by atoms with E-state index in [0.717, 1.165) is 5.56 Å². The van der Waals surface area contributed by atoms with Gasteiger partial charge in [-0.05, 0) is 32.4 Å². The van der Waals surface area contributed by atoms with Gasteiger partial charge < -0.3 is 21.1 Å². The summed E-state index contributed by atoms with van der Waals surface area (Å²) in [6.07, 6.45) is 1.40. The number of nitrogens with zero attached hydrogens (tertiary/aromatic N) is 4. The van der Waals surface area contributed by atoms with E-state index >= 15 is 4.39 Å². The SMILES string of the molecule is CCN(Cc1ccc(C)cc1)c1ncnc(NC[C@H]2CCN(CC(N)=O)C[C@@H]2O)c1F. The van der Waals surface area contributed by atoms with Crippen LogP contribution in [0.15, 0.2) is 30.6 Å². The quantitative estimate of drug-likeness (QED) is 0.554. The van der Waals surface area contributed by atoms with Crippen LogP contribution < -0.4 is 16.0 Å². The Hall–Kier alpha value is -2.78. The van der Waals surface area contributed by atoms with Crippen molar-refractivity contribution in [2.45, 2.75) is 32.9 Å². The van der Waals surface area contributed by atoms with Crippen LogP contribution in [0.3, 0.4) is 0 Å². The Morgan fingerprint density at radius 1 is 1.35 bits per heavy atom. The van der Waals surface area contributed by atoms with E-state index in [4.69, 9.17) is 5.73 Å². The number of aromatic nitrogens is 2. The zero-order valence-electron chi connectivity index (χ0n) is 18.1. The number of primary amides is 1. The van der Waals surface area contributed by atoms with Gasteiger partial charge in [-0.15, -0.1) is 0 Å². The summed E-state index contributed by atoms with van der Waals surface area (Å²) in [6.45, 7) is 6.66. The number of nitrogens with one attached hydrogen (secondary N) is 1. The standard InChI is InChI=1S/C22H31FN6O2/c1-3-29(11-16-6-4-15(2)5-7-16)22-20(23)21(26-14-27-22)25-10-17-8-9-28(12-18(17)30)13-19(24)31/h4-7,14,17-18,30H,3,8-13H2,1-2H3,(H2,24,31)(H,25,26,27)/t17-,18+/m1/s1. The molecule has 2 heterocycles. The fraction of sp³-hybridized carbons (Fsp3) is 0.500. The Bertz CT molecular complexity index is 879. The summed E-state index contributed by atoms with van der Waals surface area (Å²) in [5.74, 6) is -0.615. The van der Waals surface area contributed by atoms with Gasteiger partial charge in [-0.1, -0.05) is 29.8 Å².